The van der Waals surface area contributed by atoms with Gasteiger partial charge in [0, 0.05) is 12.1 Å². The summed E-state index contributed by atoms with van der Waals surface area (Å²) in [4.78, 5) is 27.2. The Morgan fingerprint density at radius 3 is 2.29 bits per heavy atom. The molecule has 0 bridgehead atoms. The number of amides is 1. The van der Waals surface area contributed by atoms with Crippen LogP contribution < -0.4 is 14.2 Å². The number of carbonyl (C=O) groups excluding carboxylic acids is 2. The molecule has 1 atom stereocenters. The summed E-state index contributed by atoms with van der Waals surface area (Å²) in [6, 6.07) is 17.9. The third-order valence-corrected chi connectivity index (χ3v) is 6.21. The fourth-order valence-corrected chi connectivity index (χ4v) is 4.38. The monoisotopic (exact) mass is 475 g/mol. The summed E-state index contributed by atoms with van der Waals surface area (Å²) < 4.78 is 21.9. The molecule has 0 aromatic heterocycles. The fourth-order valence-electron chi connectivity index (χ4n) is 4.38. The van der Waals surface area contributed by atoms with E-state index in [9.17, 15) is 9.59 Å². The molecule has 0 N–H and O–H groups in total. The van der Waals surface area contributed by atoms with Crippen LogP contribution in [-0.2, 0) is 11.2 Å². The van der Waals surface area contributed by atoms with E-state index in [2.05, 4.69) is 0 Å². The molecule has 1 aliphatic heterocycles. The minimum atomic E-state index is -0.409. The number of nitrogens with zero attached hydrogens (tertiary/aromatic N) is 1. The number of aryl methyl sites for hydroxylation is 1. The minimum Gasteiger partial charge on any atom is -0.493 e. The molecule has 1 heterocycles. The lowest BCUT2D eigenvalue weighted by Crippen LogP contribution is -2.42. The van der Waals surface area contributed by atoms with Gasteiger partial charge in [0.25, 0.3) is 5.91 Å². The first kappa shape index (κ1) is 24.1. The summed E-state index contributed by atoms with van der Waals surface area (Å²) in [6.07, 6.45) is 0.692. The maximum absolute atomic E-state index is 13.6. The van der Waals surface area contributed by atoms with Crippen molar-refractivity contribution >= 4 is 11.9 Å². The van der Waals surface area contributed by atoms with Crippen molar-refractivity contribution in [1.82, 2.24) is 4.90 Å². The molecule has 4 rings (SSSR count). The van der Waals surface area contributed by atoms with Crippen molar-refractivity contribution in [3.05, 3.63) is 88.5 Å². The van der Waals surface area contributed by atoms with Crippen molar-refractivity contribution in [2.75, 3.05) is 34.5 Å². The molecular formula is C28H29NO6. The standard InChI is InChI=1S/C28H29NO6/c1-18-6-5-7-21(14-18)27(30)29-13-12-20-15-25(32-2)26(33-3)16-23(20)24(29)17-35-22-10-8-19(9-11-22)28(31)34-4/h5-11,14-16,24H,12-13,17H2,1-4H3/t24-/m0/s1. The molecule has 7 nitrogen and oxygen atoms in total. The number of hydrogen-bond donors (Lipinski definition) is 0. The summed E-state index contributed by atoms with van der Waals surface area (Å²) in [7, 11) is 4.55. The fraction of sp³-hybridized carbons (Fsp3) is 0.286. The van der Waals surface area contributed by atoms with Gasteiger partial charge in [0.1, 0.15) is 12.4 Å². The van der Waals surface area contributed by atoms with Crippen LogP contribution >= 0.6 is 0 Å². The van der Waals surface area contributed by atoms with Gasteiger partial charge in [-0.05, 0) is 73.0 Å². The van der Waals surface area contributed by atoms with Crippen LogP contribution in [0.25, 0.3) is 0 Å². The van der Waals surface area contributed by atoms with Crippen LogP contribution in [0.2, 0.25) is 0 Å². The highest BCUT2D eigenvalue weighted by molar-refractivity contribution is 5.95. The van der Waals surface area contributed by atoms with E-state index in [0.717, 1.165) is 16.7 Å². The maximum atomic E-state index is 13.6. The lowest BCUT2D eigenvalue weighted by Gasteiger charge is -2.37. The van der Waals surface area contributed by atoms with Crippen molar-refractivity contribution in [2.45, 2.75) is 19.4 Å². The third kappa shape index (κ3) is 5.09. The average Bonchev–Trinajstić information content (AvgIpc) is 2.90. The van der Waals surface area contributed by atoms with Crippen molar-refractivity contribution in [3.8, 4) is 17.2 Å². The molecule has 0 saturated carbocycles. The first-order valence-electron chi connectivity index (χ1n) is 11.4. The van der Waals surface area contributed by atoms with Crippen molar-refractivity contribution in [2.24, 2.45) is 0 Å². The molecule has 0 aliphatic carbocycles. The number of benzene rings is 3. The minimum absolute atomic E-state index is 0.0521. The molecule has 3 aromatic rings. The number of methoxy groups -OCH3 is 3. The van der Waals surface area contributed by atoms with Crippen molar-refractivity contribution < 1.29 is 28.5 Å². The largest absolute Gasteiger partial charge is 0.493 e. The van der Waals surface area contributed by atoms with E-state index in [4.69, 9.17) is 18.9 Å². The molecule has 0 spiro atoms. The Kier molecular flexibility index (Phi) is 7.25. The van der Waals surface area contributed by atoms with Crippen LogP contribution in [0.3, 0.4) is 0 Å². The Hall–Kier alpha value is -4.00. The average molecular weight is 476 g/mol. The van der Waals surface area contributed by atoms with E-state index >= 15 is 0 Å². The van der Waals surface area contributed by atoms with E-state index in [1.165, 1.54) is 7.11 Å². The van der Waals surface area contributed by atoms with Gasteiger partial charge >= 0.3 is 5.97 Å². The molecule has 0 radical (unpaired) electrons. The highest BCUT2D eigenvalue weighted by Gasteiger charge is 2.33. The Morgan fingerprint density at radius 2 is 1.63 bits per heavy atom. The van der Waals surface area contributed by atoms with Gasteiger partial charge in [0.15, 0.2) is 11.5 Å². The van der Waals surface area contributed by atoms with Crippen LogP contribution in [0.15, 0.2) is 60.7 Å². The van der Waals surface area contributed by atoms with Crippen LogP contribution in [0.4, 0.5) is 0 Å². The highest BCUT2D eigenvalue weighted by atomic mass is 16.5. The number of rotatable bonds is 7. The van der Waals surface area contributed by atoms with E-state index < -0.39 is 5.97 Å². The highest BCUT2D eigenvalue weighted by Crippen LogP contribution is 2.39. The lowest BCUT2D eigenvalue weighted by molar-refractivity contribution is 0.0582. The predicted octanol–water partition coefficient (Wildman–Crippen LogP) is 4.62. The zero-order valence-corrected chi connectivity index (χ0v) is 20.4. The van der Waals surface area contributed by atoms with Crippen LogP contribution in [0, 0.1) is 6.92 Å². The van der Waals surface area contributed by atoms with Crippen LogP contribution in [-0.4, -0.2) is 51.3 Å². The normalized spacial score (nSPS) is 14.6. The van der Waals surface area contributed by atoms with Gasteiger partial charge in [0.2, 0.25) is 0 Å². The lowest BCUT2D eigenvalue weighted by atomic mass is 9.91. The molecule has 182 valence electrons. The summed E-state index contributed by atoms with van der Waals surface area (Å²) in [5, 5.41) is 0. The smallest absolute Gasteiger partial charge is 0.337 e. The van der Waals surface area contributed by atoms with Crippen molar-refractivity contribution in [3.63, 3.8) is 0 Å². The van der Waals surface area contributed by atoms with Gasteiger partial charge in [-0.2, -0.15) is 0 Å². The maximum Gasteiger partial charge on any atom is 0.337 e. The van der Waals surface area contributed by atoms with Crippen molar-refractivity contribution in [1.29, 1.82) is 0 Å². The first-order valence-corrected chi connectivity index (χ1v) is 11.4. The molecule has 0 saturated heterocycles. The van der Waals surface area contributed by atoms with Gasteiger partial charge in [-0.1, -0.05) is 17.7 Å². The molecule has 7 heteroatoms. The third-order valence-electron chi connectivity index (χ3n) is 6.21. The number of hydrogen-bond acceptors (Lipinski definition) is 6. The Labute approximate surface area is 205 Å². The molecule has 0 unspecified atom stereocenters. The zero-order valence-electron chi connectivity index (χ0n) is 20.4. The number of ether oxygens (including phenoxy) is 4. The Balaban J connectivity index is 1.66. The van der Waals surface area contributed by atoms with Crippen LogP contribution in [0.1, 0.15) is 43.4 Å². The van der Waals surface area contributed by atoms with Gasteiger partial charge < -0.3 is 23.8 Å². The molecule has 1 amide bonds. The van der Waals surface area contributed by atoms with Gasteiger partial charge in [-0.15, -0.1) is 0 Å². The summed E-state index contributed by atoms with van der Waals surface area (Å²) in [5.74, 6) is 1.39. The Morgan fingerprint density at radius 1 is 0.914 bits per heavy atom. The van der Waals surface area contributed by atoms with Gasteiger partial charge in [-0.25, -0.2) is 4.79 Å². The number of esters is 1. The number of fused-ring (bicyclic) bond motifs is 1. The van der Waals surface area contributed by atoms with Gasteiger partial charge in [0.05, 0.1) is 32.9 Å². The SMILES string of the molecule is COC(=O)c1ccc(OC[C@H]2c3cc(OC)c(OC)cc3CCN2C(=O)c2cccc(C)c2)cc1. The summed E-state index contributed by atoms with van der Waals surface area (Å²) >= 11 is 0. The second kappa shape index (κ2) is 10.5. The van der Waals surface area contributed by atoms with Gasteiger partial charge in [-0.3, -0.25) is 4.79 Å². The predicted molar refractivity (Wildman–Crippen MR) is 131 cm³/mol. The quantitative estimate of drug-likeness (QED) is 0.465. The zero-order chi connectivity index (χ0) is 24.9. The summed E-state index contributed by atoms with van der Waals surface area (Å²) in [6.45, 7) is 2.75. The molecular weight excluding hydrogens is 446 g/mol. The molecule has 0 fully saturated rings. The second-order valence-electron chi connectivity index (χ2n) is 8.37. The molecule has 3 aromatic carbocycles. The number of carbonyl (C=O) groups is 2. The Bertz CT molecular complexity index is 1220. The second-order valence-corrected chi connectivity index (χ2v) is 8.37. The van der Waals surface area contributed by atoms with E-state index in [1.807, 2.05) is 48.2 Å². The summed E-state index contributed by atoms with van der Waals surface area (Å²) in [5.41, 5.74) is 4.15. The topological polar surface area (TPSA) is 74.3 Å². The van der Waals surface area contributed by atoms with E-state index in [0.29, 0.717) is 41.3 Å². The molecule has 35 heavy (non-hydrogen) atoms. The van der Waals surface area contributed by atoms with E-state index in [-0.39, 0.29) is 18.6 Å². The van der Waals surface area contributed by atoms with Crippen LogP contribution in [0.5, 0.6) is 17.2 Å². The molecule has 1 aliphatic rings. The van der Waals surface area contributed by atoms with E-state index in [1.54, 1.807) is 38.5 Å². The first-order chi connectivity index (χ1) is 16.9.